The van der Waals surface area contributed by atoms with Crippen LogP contribution in [0, 0.1) is 0 Å². The van der Waals surface area contributed by atoms with Crippen molar-refractivity contribution in [3.05, 3.63) is 82.2 Å². The van der Waals surface area contributed by atoms with E-state index in [4.69, 9.17) is 14.2 Å². The van der Waals surface area contributed by atoms with Crippen molar-refractivity contribution in [2.24, 2.45) is 0 Å². The highest BCUT2D eigenvalue weighted by atomic mass is 16.5. The molecule has 1 aliphatic heterocycles. The van der Waals surface area contributed by atoms with Crippen LogP contribution in [0.15, 0.2) is 71.1 Å². The van der Waals surface area contributed by atoms with Crippen molar-refractivity contribution in [1.82, 2.24) is 5.32 Å². The molecule has 0 aromatic heterocycles. The molecule has 0 unspecified atom stereocenters. The van der Waals surface area contributed by atoms with Gasteiger partial charge in [-0.1, -0.05) is 42.8 Å². The summed E-state index contributed by atoms with van der Waals surface area (Å²) in [6.45, 7) is 1.91. The lowest BCUT2D eigenvalue weighted by atomic mass is 9.71. The fraction of sp³-hybridized carbons (Fsp3) is 0.419. The minimum absolute atomic E-state index is 0.0536. The SMILES string of the molecule is COc1ccc([C@H]2C(C(=O)OC3CCCCC3)=C(C)NC3=C2C(=O)C[C@@H](c2ccccc2)C3)cc1OC. The number of rotatable bonds is 6. The van der Waals surface area contributed by atoms with Gasteiger partial charge in [0.15, 0.2) is 17.3 Å². The normalized spacial score (nSPS) is 22.3. The van der Waals surface area contributed by atoms with Crippen LogP contribution in [0.4, 0.5) is 0 Å². The summed E-state index contributed by atoms with van der Waals surface area (Å²) in [5.41, 5.74) is 4.74. The maximum absolute atomic E-state index is 13.8. The van der Waals surface area contributed by atoms with Gasteiger partial charge in [0.1, 0.15) is 6.10 Å². The molecule has 0 saturated heterocycles. The van der Waals surface area contributed by atoms with Crippen LogP contribution >= 0.6 is 0 Å². The van der Waals surface area contributed by atoms with Crippen LogP contribution in [0.2, 0.25) is 0 Å². The third-order valence-electron chi connectivity index (χ3n) is 7.89. The minimum atomic E-state index is -0.531. The van der Waals surface area contributed by atoms with E-state index in [9.17, 15) is 9.59 Å². The summed E-state index contributed by atoms with van der Waals surface area (Å²) < 4.78 is 17.1. The zero-order chi connectivity index (χ0) is 25.9. The third kappa shape index (κ3) is 5.02. The predicted molar refractivity (Wildman–Crippen MR) is 142 cm³/mol. The van der Waals surface area contributed by atoms with Crippen molar-refractivity contribution in [2.75, 3.05) is 14.2 Å². The highest BCUT2D eigenvalue weighted by Gasteiger charge is 2.42. The number of Topliss-reactive ketones (excluding diaryl/α,β-unsaturated/α-hetero) is 1. The van der Waals surface area contributed by atoms with Gasteiger partial charge >= 0.3 is 5.97 Å². The Balaban J connectivity index is 1.56. The Labute approximate surface area is 218 Å². The molecule has 2 aromatic rings. The summed E-state index contributed by atoms with van der Waals surface area (Å²) in [5.74, 6) is 0.425. The summed E-state index contributed by atoms with van der Waals surface area (Å²) in [7, 11) is 3.18. The van der Waals surface area contributed by atoms with E-state index in [1.54, 1.807) is 14.2 Å². The van der Waals surface area contributed by atoms with Crippen LogP contribution in [-0.2, 0) is 14.3 Å². The van der Waals surface area contributed by atoms with Crippen molar-refractivity contribution in [1.29, 1.82) is 0 Å². The monoisotopic (exact) mass is 501 g/mol. The second kappa shape index (κ2) is 10.8. The Morgan fingerprint density at radius 3 is 2.32 bits per heavy atom. The topological polar surface area (TPSA) is 73.9 Å². The summed E-state index contributed by atoms with van der Waals surface area (Å²) in [6, 6.07) is 15.8. The number of ketones is 1. The molecule has 1 N–H and O–H groups in total. The molecule has 0 radical (unpaired) electrons. The fourth-order valence-electron chi connectivity index (χ4n) is 6.03. The first-order valence-electron chi connectivity index (χ1n) is 13.2. The molecule has 5 rings (SSSR count). The summed E-state index contributed by atoms with van der Waals surface area (Å²) in [6.07, 6.45) is 6.13. The molecular weight excluding hydrogens is 466 g/mol. The maximum atomic E-state index is 13.8. The van der Waals surface area contributed by atoms with E-state index in [0.717, 1.165) is 48.2 Å². The van der Waals surface area contributed by atoms with Crippen molar-refractivity contribution in [3.8, 4) is 11.5 Å². The Kier molecular flexibility index (Phi) is 7.36. The van der Waals surface area contributed by atoms with Gasteiger partial charge in [0.2, 0.25) is 0 Å². The fourth-order valence-corrected chi connectivity index (χ4v) is 6.03. The number of carbonyl (C=O) groups excluding carboxylic acids is 2. The van der Waals surface area contributed by atoms with E-state index in [-0.39, 0.29) is 23.8 Å². The summed E-state index contributed by atoms with van der Waals surface area (Å²) >= 11 is 0. The first-order valence-corrected chi connectivity index (χ1v) is 13.2. The second-order valence-electron chi connectivity index (χ2n) is 10.2. The van der Waals surface area contributed by atoms with E-state index in [2.05, 4.69) is 17.4 Å². The molecule has 0 spiro atoms. The molecule has 2 aromatic carbocycles. The average Bonchev–Trinajstić information content (AvgIpc) is 2.92. The highest BCUT2D eigenvalue weighted by molar-refractivity contribution is 6.04. The van der Waals surface area contributed by atoms with Gasteiger partial charge in [-0.15, -0.1) is 0 Å². The van der Waals surface area contributed by atoms with Gasteiger partial charge in [0, 0.05) is 29.3 Å². The number of nitrogens with one attached hydrogen (secondary N) is 1. The van der Waals surface area contributed by atoms with Crippen LogP contribution in [0.5, 0.6) is 11.5 Å². The number of methoxy groups -OCH3 is 2. The van der Waals surface area contributed by atoms with Crippen LogP contribution in [0.3, 0.4) is 0 Å². The minimum Gasteiger partial charge on any atom is -0.493 e. The molecule has 2 aliphatic carbocycles. The quantitative estimate of drug-likeness (QED) is 0.494. The maximum Gasteiger partial charge on any atom is 0.337 e. The third-order valence-corrected chi connectivity index (χ3v) is 7.89. The van der Waals surface area contributed by atoms with E-state index >= 15 is 0 Å². The zero-order valence-electron chi connectivity index (χ0n) is 21.8. The Bertz CT molecular complexity index is 1240. The lowest BCUT2D eigenvalue weighted by Gasteiger charge is -2.37. The molecule has 0 bridgehead atoms. The van der Waals surface area contributed by atoms with Gasteiger partial charge in [0.25, 0.3) is 0 Å². The Morgan fingerprint density at radius 1 is 0.892 bits per heavy atom. The zero-order valence-corrected chi connectivity index (χ0v) is 21.8. The lowest BCUT2D eigenvalue weighted by Crippen LogP contribution is -2.37. The number of esters is 1. The van der Waals surface area contributed by atoms with E-state index in [1.807, 2.05) is 43.3 Å². The van der Waals surface area contributed by atoms with Crippen LogP contribution in [0.1, 0.15) is 74.8 Å². The molecule has 37 heavy (non-hydrogen) atoms. The van der Waals surface area contributed by atoms with Gasteiger partial charge in [-0.3, -0.25) is 4.79 Å². The van der Waals surface area contributed by atoms with Crippen LogP contribution in [0.25, 0.3) is 0 Å². The van der Waals surface area contributed by atoms with Gasteiger partial charge < -0.3 is 19.5 Å². The lowest BCUT2D eigenvalue weighted by molar-refractivity contribution is -0.146. The summed E-state index contributed by atoms with van der Waals surface area (Å²) in [5, 5.41) is 3.45. The molecule has 3 aliphatic rings. The van der Waals surface area contributed by atoms with Crippen molar-refractivity contribution >= 4 is 11.8 Å². The number of allylic oxidation sites excluding steroid dienone is 3. The molecule has 6 heteroatoms. The first kappa shape index (κ1) is 25.1. The van der Waals surface area contributed by atoms with E-state index in [0.29, 0.717) is 35.5 Å². The number of ether oxygens (including phenoxy) is 3. The van der Waals surface area contributed by atoms with Crippen molar-refractivity contribution in [2.45, 2.75) is 69.8 Å². The average molecular weight is 502 g/mol. The molecule has 0 amide bonds. The van der Waals surface area contributed by atoms with Crippen LogP contribution < -0.4 is 14.8 Å². The van der Waals surface area contributed by atoms with E-state index < -0.39 is 5.92 Å². The number of hydrogen-bond donors (Lipinski definition) is 1. The van der Waals surface area contributed by atoms with Crippen molar-refractivity contribution in [3.63, 3.8) is 0 Å². The number of hydrogen-bond acceptors (Lipinski definition) is 6. The standard InChI is InChI=1S/C31H35NO5/c1-19-28(31(34)37-23-12-8-5-9-13-23)29(21-14-15-26(35-2)27(18-21)36-3)30-24(32-19)16-22(17-25(30)33)20-10-6-4-7-11-20/h4,6-7,10-11,14-15,18,22-23,29,32H,5,8-9,12-13,16-17H2,1-3H3/t22-,29-/m0/s1. The predicted octanol–water partition coefficient (Wildman–Crippen LogP) is 5.94. The number of carbonyl (C=O) groups is 2. The van der Waals surface area contributed by atoms with E-state index in [1.165, 1.54) is 6.42 Å². The second-order valence-corrected chi connectivity index (χ2v) is 10.2. The van der Waals surface area contributed by atoms with Crippen LogP contribution in [-0.4, -0.2) is 32.1 Å². The Morgan fingerprint density at radius 2 is 1.62 bits per heavy atom. The number of dihydropyridines is 1. The molecule has 194 valence electrons. The van der Waals surface area contributed by atoms with Gasteiger partial charge in [-0.2, -0.15) is 0 Å². The largest absolute Gasteiger partial charge is 0.493 e. The molecule has 2 atom stereocenters. The molecule has 1 heterocycles. The number of benzene rings is 2. The smallest absolute Gasteiger partial charge is 0.337 e. The highest BCUT2D eigenvalue weighted by Crippen LogP contribution is 2.47. The first-order chi connectivity index (χ1) is 18.0. The molecular formula is C31H35NO5. The van der Waals surface area contributed by atoms with Gasteiger partial charge in [-0.25, -0.2) is 4.79 Å². The molecule has 1 fully saturated rings. The summed E-state index contributed by atoms with van der Waals surface area (Å²) in [4.78, 5) is 27.5. The van der Waals surface area contributed by atoms with Gasteiger partial charge in [0.05, 0.1) is 19.8 Å². The van der Waals surface area contributed by atoms with Gasteiger partial charge in [-0.05, 0) is 68.2 Å². The van der Waals surface area contributed by atoms with Crippen molar-refractivity contribution < 1.29 is 23.8 Å². The Hall–Kier alpha value is -3.54. The molecule has 1 saturated carbocycles. The molecule has 6 nitrogen and oxygen atoms in total.